The first-order valence-corrected chi connectivity index (χ1v) is 10.3. The van der Waals surface area contributed by atoms with Crippen molar-refractivity contribution in [2.45, 2.75) is 31.6 Å². The number of benzene rings is 1. The topological polar surface area (TPSA) is 71.8 Å². The molecule has 1 aliphatic rings. The Morgan fingerprint density at radius 3 is 2.76 bits per heavy atom. The Morgan fingerprint density at radius 1 is 1.20 bits per heavy atom. The Kier molecular flexibility index (Phi) is 3.69. The third-order valence-corrected chi connectivity index (χ3v) is 7.37. The Balaban J connectivity index is 1.98. The van der Waals surface area contributed by atoms with E-state index in [2.05, 4.69) is 4.98 Å². The molecule has 1 aliphatic heterocycles. The fourth-order valence-corrected chi connectivity index (χ4v) is 5.99. The molecule has 0 N–H and O–H groups in total. The Bertz CT molecular complexity index is 1150. The van der Waals surface area contributed by atoms with Gasteiger partial charge < -0.3 is 0 Å². The van der Waals surface area contributed by atoms with Crippen molar-refractivity contribution in [3.05, 3.63) is 57.0 Å². The van der Waals surface area contributed by atoms with Gasteiger partial charge in [0.2, 0.25) is 0 Å². The van der Waals surface area contributed by atoms with Gasteiger partial charge in [-0.15, -0.1) is 11.3 Å². The highest BCUT2D eigenvalue weighted by atomic mass is 32.2. The van der Waals surface area contributed by atoms with E-state index < -0.39 is 15.6 Å². The summed E-state index contributed by atoms with van der Waals surface area (Å²) >= 11 is 1.33. The highest BCUT2D eigenvalue weighted by Crippen LogP contribution is 2.31. The summed E-state index contributed by atoms with van der Waals surface area (Å²) in [6.45, 7) is 3.72. The summed E-state index contributed by atoms with van der Waals surface area (Å²) in [5.74, 6) is 0. The van der Waals surface area contributed by atoms with Gasteiger partial charge in [0.25, 0.3) is 15.6 Å². The molecule has 0 aliphatic carbocycles. The lowest BCUT2D eigenvalue weighted by Gasteiger charge is -2.30. The second-order valence-electron chi connectivity index (χ2n) is 6.14. The minimum Gasteiger partial charge on any atom is -0.267 e. The zero-order valence-electron chi connectivity index (χ0n) is 13.9. The smallest absolute Gasteiger partial charge is 0.267 e. The predicted octanol–water partition coefficient (Wildman–Crippen LogP) is 2.51. The normalized spacial score (nSPS) is 14.7. The molecule has 0 spiro atoms. The van der Waals surface area contributed by atoms with E-state index in [-0.39, 0.29) is 10.6 Å². The third-order valence-electron chi connectivity index (χ3n) is 4.48. The SMILES string of the molecule is Cc1nc2scc(C)n2c(=O)c1S(=O)(=O)N1CCCc2ccccc21. The van der Waals surface area contributed by atoms with Crippen molar-refractivity contribution in [2.24, 2.45) is 0 Å². The highest BCUT2D eigenvalue weighted by molar-refractivity contribution is 7.92. The van der Waals surface area contributed by atoms with Crippen molar-refractivity contribution in [3.8, 4) is 0 Å². The molecule has 0 unspecified atom stereocenters. The van der Waals surface area contributed by atoms with E-state index in [1.807, 2.05) is 18.2 Å². The van der Waals surface area contributed by atoms with Crippen LogP contribution in [-0.4, -0.2) is 24.3 Å². The van der Waals surface area contributed by atoms with Gasteiger partial charge >= 0.3 is 0 Å². The first kappa shape index (κ1) is 16.3. The fraction of sp³-hybridized carbons (Fsp3) is 0.294. The molecule has 0 bridgehead atoms. The molecule has 130 valence electrons. The maximum absolute atomic E-state index is 13.3. The molecule has 8 heteroatoms. The first-order chi connectivity index (χ1) is 11.9. The number of para-hydroxylation sites is 1. The largest absolute Gasteiger partial charge is 0.279 e. The number of hydrogen-bond acceptors (Lipinski definition) is 5. The molecule has 0 amide bonds. The van der Waals surface area contributed by atoms with E-state index in [1.165, 1.54) is 20.0 Å². The van der Waals surface area contributed by atoms with Crippen LogP contribution in [-0.2, 0) is 16.4 Å². The van der Waals surface area contributed by atoms with E-state index >= 15 is 0 Å². The summed E-state index contributed by atoms with van der Waals surface area (Å²) < 4.78 is 29.4. The molecule has 0 atom stereocenters. The van der Waals surface area contributed by atoms with Gasteiger partial charge in [-0.2, -0.15) is 0 Å². The average molecular weight is 375 g/mol. The molecular weight excluding hydrogens is 358 g/mol. The van der Waals surface area contributed by atoms with E-state index in [9.17, 15) is 13.2 Å². The van der Waals surface area contributed by atoms with E-state index in [1.54, 1.807) is 25.3 Å². The number of fused-ring (bicyclic) bond motifs is 2. The van der Waals surface area contributed by atoms with Crippen LogP contribution in [0.1, 0.15) is 23.4 Å². The third kappa shape index (κ3) is 2.39. The number of aryl methyl sites for hydroxylation is 3. The monoisotopic (exact) mass is 375 g/mol. The number of thiazole rings is 1. The molecule has 25 heavy (non-hydrogen) atoms. The van der Waals surface area contributed by atoms with Gasteiger partial charge in [-0.1, -0.05) is 18.2 Å². The molecule has 1 aromatic carbocycles. The molecule has 0 saturated heterocycles. The summed E-state index contributed by atoms with van der Waals surface area (Å²) in [7, 11) is -3.98. The number of sulfonamides is 1. The van der Waals surface area contributed by atoms with Crippen LogP contribution in [0, 0.1) is 13.8 Å². The molecule has 4 rings (SSSR count). The minimum absolute atomic E-state index is 0.233. The minimum atomic E-state index is -3.98. The number of aromatic nitrogens is 2. The van der Waals surface area contributed by atoms with E-state index in [0.29, 0.717) is 22.9 Å². The Morgan fingerprint density at radius 2 is 1.96 bits per heavy atom. The van der Waals surface area contributed by atoms with Crippen LogP contribution in [0.15, 0.2) is 39.3 Å². The van der Waals surface area contributed by atoms with Gasteiger partial charge in [0.05, 0.1) is 11.4 Å². The summed E-state index contributed by atoms with van der Waals surface area (Å²) in [5, 5.41) is 1.80. The summed E-state index contributed by atoms with van der Waals surface area (Å²) in [4.78, 5) is 17.6. The fourth-order valence-electron chi connectivity index (χ4n) is 3.32. The molecule has 0 saturated carbocycles. The summed E-state index contributed by atoms with van der Waals surface area (Å²) in [6.07, 6.45) is 1.56. The van der Waals surface area contributed by atoms with Gasteiger partial charge in [-0.05, 0) is 38.3 Å². The molecule has 2 aromatic heterocycles. The maximum atomic E-state index is 13.3. The van der Waals surface area contributed by atoms with E-state index in [0.717, 1.165) is 18.4 Å². The Labute approximate surface area is 149 Å². The lowest BCUT2D eigenvalue weighted by atomic mass is 10.0. The number of hydrogen-bond donors (Lipinski definition) is 0. The van der Waals surface area contributed by atoms with Crippen molar-refractivity contribution < 1.29 is 8.42 Å². The van der Waals surface area contributed by atoms with Crippen molar-refractivity contribution in [2.75, 3.05) is 10.8 Å². The average Bonchev–Trinajstić information content (AvgIpc) is 2.95. The number of nitrogens with zero attached hydrogens (tertiary/aromatic N) is 3. The first-order valence-electron chi connectivity index (χ1n) is 7.99. The predicted molar refractivity (Wildman–Crippen MR) is 98.1 cm³/mol. The quantitative estimate of drug-likeness (QED) is 0.690. The van der Waals surface area contributed by atoms with Crippen LogP contribution in [0.4, 0.5) is 5.69 Å². The lowest BCUT2D eigenvalue weighted by Crippen LogP contribution is -2.39. The van der Waals surface area contributed by atoms with Crippen LogP contribution in [0.2, 0.25) is 0 Å². The summed E-state index contributed by atoms with van der Waals surface area (Å²) in [5.41, 5.74) is 2.04. The molecule has 0 radical (unpaired) electrons. The van der Waals surface area contributed by atoms with Gasteiger partial charge in [-0.25, -0.2) is 13.4 Å². The molecular formula is C17H17N3O3S2. The van der Waals surface area contributed by atoms with Crippen LogP contribution in [0.3, 0.4) is 0 Å². The number of anilines is 1. The second-order valence-corrected chi connectivity index (χ2v) is 8.77. The van der Waals surface area contributed by atoms with Crippen LogP contribution >= 0.6 is 11.3 Å². The van der Waals surface area contributed by atoms with Gasteiger partial charge in [0.15, 0.2) is 9.86 Å². The molecule has 3 heterocycles. The number of rotatable bonds is 2. The van der Waals surface area contributed by atoms with Crippen molar-refractivity contribution in [1.29, 1.82) is 0 Å². The van der Waals surface area contributed by atoms with Crippen LogP contribution in [0.25, 0.3) is 4.96 Å². The molecule has 3 aromatic rings. The zero-order chi connectivity index (χ0) is 17.8. The molecule has 0 fully saturated rings. The van der Waals surface area contributed by atoms with E-state index in [4.69, 9.17) is 0 Å². The Hall–Kier alpha value is -2.19. The van der Waals surface area contributed by atoms with Crippen molar-refractivity contribution in [1.82, 2.24) is 9.38 Å². The second kappa shape index (κ2) is 5.67. The maximum Gasteiger partial charge on any atom is 0.279 e. The van der Waals surface area contributed by atoms with Crippen LogP contribution < -0.4 is 9.86 Å². The summed E-state index contributed by atoms with van der Waals surface area (Å²) in [6, 6.07) is 7.44. The van der Waals surface area contributed by atoms with Gasteiger partial charge in [0.1, 0.15) is 0 Å². The standard InChI is InChI=1S/C17H17N3O3S2/c1-11-10-24-17-18-12(2)15(16(21)20(11)17)25(22,23)19-9-5-7-13-6-3-4-8-14(13)19/h3-4,6,8,10H,5,7,9H2,1-2H3. The molecule has 6 nitrogen and oxygen atoms in total. The zero-order valence-corrected chi connectivity index (χ0v) is 15.5. The van der Waals surface area contributed by atoms with Gasteiger partial charge in [-0.3, -0.25) is 13.5 Å². The van der Waals surface area contributed by atoms with Crippen molar-refractivity contribution >= 4 is 32.0 Å². The van der Waals surface area contributed by atoms with Crippen LogP contribution in [0.5, 0.6) is 0 Å². The van der Waals surface area contributed by atoms with Crippen molar-refractivity contribution in [3.63, 3.8) is 0 Å². The highest BCUT2D eigenvalue weighted by Gasteiger charge is 2.33. The lowest BCUT2D eigenvalue weighted by molar-refractivity contribution is 0.583. The van der Waals surface area contributed by atoms with Gasteiger partial charge in [0, 0.05) is 17.6 Å².